The fourth-order valence-electron chi connectivity index (χ4n) is 2.36. The van der Waals surface area contributed by atoms with Crippen LogP contribution in [-0.2, 0) is 0 Å². The number of nitrogens with two attached hydrogens (primary N) is 1. The van der Waals surface area contributed by atoms with E-state index in [-0.39, 0.29) is 16.7 Å². The predicted octanol–water partition coefficient (Wildman–Crippen LogP) is 1.83. The number of nitro groups is 1. The molecular formula is C12H17N3O2. The molecule has 5 heteroatoms. The molecule has 0 radical (unpaired) electrons. The fourth-order valence-corrected chi connectivity index (χ4v) is 2.36. The van der Waals surface area contributed by atoms with Crippen LogP contribution in [0.2, 0.25) is 0 Å². The van der Waals surface area contributed by atoms with E-state index in [1.807, 2.05) is 17.0 Å². The van der Waals surface area contributed by atoms with Crippen LogP contribution in [0.3, 0.4) is 0 Å². The van der Waals surface area contributed by atoms with Crippen molar-refractivity contribution >= 4 is 11.4 Å². The third-order valence-electron chi connectivity index (χ3n) is 3.20. The van der Waals surface area contributed by atoms with Gasteiger partial charge in [0.25, 0.3) is 5.69 Å². The number of nitrogens with zero attached hydrogens (tertiary/aromatic N) is 2. The molecule has 0 aromatic heterocycles. The minimum Gasteiger partial charge on any atom is -0.364 e. The molecule has 1 aliphatic heterocycles. The molecule has 0 aliphatic carbocycles. The number of rotatable bonds is 2. The SMILES string of the molecule is Cc1cccc(N2CCC[C@@H](N)C2)c1[N+](=O)[O-]. The molecule has 0 amide bonds. The van der Waals surface area contributed by atoms with Gasteiger partial charge in [0.2, 0.25) is 0 Å². The summed E-state index contributed by atoms with van der Waals surface area (Å²) in [7, 11) is 0. The van der Waals surface area contributed by atoms with Gasteiger partial charge in [-0.2, -0.15) is 0 Å². The second kappa shape index (κ2) is 4.71. The number of hydrogen-bond donors (Lipinski definition) is 1. The zero-order valence-electron chi connectivity index (χ0n) is 9.93. The van der Waals surface area contributed by atoms with Gasteiger partial charge in [-0.25, -0.2) is 0 Å². The molecule has 0 bridgehead atoms. The van der Waals surface area contributed by atoms with E-state index in [9.17, 15) is 10.1 Å². The molecule has 0 unspecified atom stereocenters. The van der Waals surface area contributed by atoms with Crippen LogP contribution in [0.1, 0.15) is 18.4 Å². The molecule has 92 valence electrons. The van der Waals surface area contributed by atoms with Crippen molar-refractivity contribution in [2.45, 2.75) is 25.8 Å². The van der Waals surface area contributed by atoms with Crippen LogP contribution >= 0.6 is 0 Å². The van der Waals surface area contributed by atoms with Crippen molar-refractivity contribution in [3.8, 4) is 0 Å². The molecule has 5 nitrogen and oxygen atoms in total. The maximum absolute atomic E-state index is 11.1. The Morgan fingerprint density at radius 3 is 2.94 bits per heavy atom. The van der Waals surface area contributed by atoms with E-state index < -0.39 is 0 Å². The summed E-state index contributed by atoms with van der Waals surface area (Å²) in [6, 6.07) is 5.55. The Balaban J connectivity index is 2.37. The van der Waals surface area contributed by atoms with Gasteiger partial charge in [0.1, 0.15) is 5.69 Å². The number of para-hydroxylation sites is 1. The summed E-state index contributed by atoms with van der Waals surface area (Å²) in [5, 5.41) is 11.1. The summed E-state index contributed by atoms with van der Waals surface area (Å²) in [5.74, 6) is 0. The number of aryl methyl sites for hydroxylation is 1. The third-order valence-corrected chi connectivity index (χ3v) is 3.20. The van der Waals surface area contributed by atoms with Gasteiger partial charge in [-0.1, -0.05) is 12.1 Å². The van der Waals surface area contributed by atoms with Gasteiger partial charge in [-0.3, -0.25) is 10.1 Å². The van der Waals surface area contributed by atoms with Crippen molar-refractivity contribution in [2.24, 2.45) is 5.73 Å². The van der Waals surface area contributed by atoms with Gasteiger partial charge >= 0.3 is 0 Å². The Kier molecular flexibility index (Phi) is 3.28. The van der Waals surface area contributed by atoms with Crippen molar-refractivity contribution in [1.29, 1.82) is 0 Å². The maximum Gasteiger partial charge on any atom is 0.295 e. The van der Waals surface area contributed by atoms with Crippen LogP contribution in [0.5, 0.6) is 0 Å². The average Bonchev–Trinajstić information content (AvgIpc) is 2.28. The lowest BCUT2D eigenvalue weighted by molar-refractivity contribution is -0.384. The molecule has 17 heavy (non-hydrogen) atoms. The highest BCUT2D eigenvalue weighted by molar-refractivity contribution is 5.66. The standard InChI is InChI=1S/C12H17N3O2/c1-9-4-2-6-11(12(9)15(16)17)14-7-3-5-10(13)8-14/h2,4,6,10H,3,5,7-8,13H2,1H3/t10-/m1/s1. The number of benzene rings is 1. The second-order valence-corrected chi connectivity index (χ2v) is 4.55. The number of piperidine rings is 1. The lowest BCUT2D eigenvalue weighted by Crippen LogP contribution is -2.43. The molecular weight excluding hydrogens is 218 g/mol. The lowest BCUT2D eigenvalue weighted by atomic mass is 10.0. The van der Waals surface area contributed by atoms with Gasteiger partial charge < -0.3 is 10.6 Å². The van der Waals surface area contributed by atoms with Crippen LogP contribution in [0.4, 0.5) is 11.4 Å². The Labute approximate surface area is 100 Å². The van der Waals surface area contributed by atoms with E-state index in [4.69, 9.17) is 5.73 Å². The van der Waals surface area contributed by atoms with E-state index >= 15 is 0 Å². The summed E-state index contributed by atoms with van der Waals surface area (Å²) in [6.07, 6.45) is 1.99. The first-order chi connectivity index (χ1) is 8.09. The largest absolute Gasteiger partial charge is 0.364 e. The third kappa shape index (κ3) is 2.39. The monoisotopic (exact) mass is 235 g/mol. The first-order valence-electron chi connectivity index (χ1n) is 5.84. The minimum atomic E-state index is -0.301. The Hall–Kier alpha value is -1.62. The van der Waals surface area contributed by atoms with E-state index in [1.54, 1.807) is 13.0 Å². The highest BCUT2D eigenvalue weighted by Gasteiger charge is 2.25. The highest BCUT2D eigenvalue weighted by Crippen LogP contribution is 2.32. The maximum atomic E-state index is 11.1. The van der Waals surface area contributed by atoms with Crippen molar-refractivity contribution in [2.75, 3.05) is 18.0 Å². The zero-order chi connectivity index (χ0) is 12.4. The summed E-state index contributed by atoms with van der Waals surface area (Å²) in [5.41, 5.74) is 7.52. The Morgan fingerprint density at radius 1 is 1.53 bits per heavy atom. The predicted molar refractivity (Wildman–Crippen MR) is 67.3 cm³/mol. The van der Waals surface area contributed by atoms with Crippen molar-refractivity contribution in [3.05, 3.63) is 33.9 Å². The van der Waals surface area contributed by atoms with E-state index in [1.165, 1.54) is 0 Å². The van der Waals surface area contributed by atoms with Crippen LogP contribution < -0.4 is 10.6 Å². The Bertz CT molecular complexity index is 434. The van der Waals surface area contributed by atoms with Crippen LogP contribution in [0.15, 0.2) is 18.2 Å². The summed E-state index contributed by atoms with van der Waals surface area (Å²) < 4.78 is 0. The highest BCUT2D eigenvalue weighted by atomic mass is 16.6. The molecule has 2 rings (SSSR count). The van der Waals surface area contributed by atoms with Crippen molar-refractivity contribution < 1.29 is 4.92 Å². The fraction of sp³-hybridized carbons (Fsp3) is 0.500. The van der Waals surface area contributed by atoms with E-state index in [0.717, 1.165) is 19.4 Å². The Morgan fingerprint density at radius 2 is 2.29 bits per heavy atom. The first-order valence-corrected chi connectivity index (χ1v) is 5.84. The molecule has 1 fully saturated rings. The molecule has 2 N–H and O–H groups in total. The lowest BCUT2D eigenvalue weighted by Gasteiger charge is -2.32. The number of anilines is 1. The second-order valence-electron chi connectivity index (χ2n) is 4.55. The molecule has 0 saturated carbocycles. The van der Waals surface area contributed by atoms with Crippen LogP contribution in [0, 0.1) is 17.0 Å². The van der Waals surface area contributed by atoms with Gasteiger partial charge in [-0.05, 0) is 25.8 Å². The van der Waals surface area contributed by atoms with Crippen molar-refractivity contribution in [3.63, 3.8) is 0 Å². The summed E-state index contributed by atoms with van der Waals surface area (Å²) >= 11 is 0. The molecule has 1 heterocycles. The molecule has 1 aromatic carbocycles. The van der Waals surface area contributed by atoms with Gasteiger partial charge in [0, 0.05) is 24.7 Å². The topological polar surface area (TPSA) is 72.4 Å². The normalized spacial score (nSPS) is 20.4. The molecule has 1 saturated heterocycles. The van der Waals surface area contributed by atoms with E-state index in [0.29, 0.717) is 17.8 Å². The van der Waals surface area contributed by atoms with Crippen LogP contribution in [0.25, 0.3) is 0 Å². The van der Waals surface area contributed by atoms with Crippen LogP contribution in [-0.4, -0.2) is 24.1 Å². The van der Waals surface area contributed by atoms with Gasteiger partial charge in [-0.15, -0.1) is 0 Å². The van der Waals surface area contributed by atoms with Gasteiger partial charge in [0.05, 0.1) is 4.92 Å². The summed E-state index contributed by atoms with van der Waals surface area (Å²) in [4.78, 5) is 12.8. The smallest absolute Gasteiger partial charge is 0.295 e. The quantitative estimate of drug-likeness (QED) is 0.627. The molecule has 1 aromatic rings. The summed E-state index contributed by atoms with van der Waals surface area (Å²) in [6.45, 7) is 3.31. The average molecular weight is 235 g/mol. The zero-order valence-corrected chi connectivity index (χ0v) is 9.93. The first kappa shape index (κ1) is 11.9. The molecule has 1 atom stereocenters. The number of hydrogen-bond acceptors (Lipinski definition) is 4. The minimum absolute atomic E-state index is 0.115. The van der Waals surface area contributed by atoms with Gasteiger partial charge in [0.15, 0.2) is 0 Å². The molecule has 1 aliphatic rings. The molecule has 0 spiro atoms. The van der Waals surface area contributed by atoms with E-state index in [2.05, 4.69) is 0 Å². The van der Waals surface area contributed by atoms with Crippen molar-refractivity contribution in [1.82, 2.24) is 0 Å². The number of nitro benzene ring substituents is 1.